The Morgan fingerprint density at radius 3 is 2.33 bits per heavy atom. The van der Waals surface area contributed by atoms with Gasteiger partial charge in [0.25, 0.3) is 11.8 Å². The molecule has 1 saturated heterocycles. The van der Waals surface area contributed by atoms with Gasteiger partial charge in [0.1, 0.15) is 5.75 Å². The number of piperidine rings is 1. The second-order valence-corrected chi connectivity index (χ2v) is 9.92. The minimum Gasteiger partial charge on any atom is -0.484 e. The molecule has 186 valence electrons. The Balaban J connectivity index is 1.20. The highest BCUT2D eigenvalue weighted by Gasteiger charge is 2.16. The summed E-state index contributed by atoms with van der Waals surface area (Å²) < 4.78 is 5.62. The van der Waals surface area contributed by atoms with Crippen LogP contribution in [0.5, 0.6) is 5.75 Å². The third kappa shape index (κ3) is 7.86. The van der Waals surface area contributed by atoms with Crippen LogP contribution in [-0.2, 0) is 10.5 Å². The minimum absolute atomic E-state index is 0.0244. The van der Waals surface area contributed by atoms with Crippen molar-refractivity contribution in [2.24, 2.45) is 5.10 Å². The number of likely N-dealkylation sites (tertiary alicyclic amines) is 1. The van der Waals surface area contributed by atoms with Crippen molar-refractivity contribution in [1.82, 2.24) is 10.3 Å². The van der Waals surface area contributed by atoms with Gasteiger partial charge in [-0.05, 0) is 91.1 Å². The van der Waals surface area contributed by atoms with Gasteiger partial charge in [-0.3, -0.25) is 9.59 Å². The molecule has 0 aromatic heterocycles. The number of thioether (sulfide) groups is 1. The fourth-order valence-electron chi connectivity index (χ4n) is 3.71. The number of amides is 2. The Hall–Kier alpha value is -3.29. The molecular weight excluding hydrogens is 494 g/mol. The molecule has 1 fully saturated rings. The molecule has 1 aliphatic heterocycles. The highest BCUT2D eigenvalue weighted by Crippen LogP contribution is 2.24. The second-order valence-electron chi connectivity index (χ2n) is 8.44. The van der Waals surface area contributed by atoms with Gasteiger partial charge in [0.2, 0.25) is 0 Å². The van der Waals surface area contributed by atoms with E-state index in [1.165, 1.54) is 6.42 Å². The van der Waals surface area contributed by atoms with Crippen LogP contribution in [-0.4, -0.2) is 42.6 Å². The van der Waals surface area contributed by atoms with Crippen molar-refractivity contribution >= 4 is 41.4 Å². The number of carbonyl (C=O) groups excluding carboxylic acids is 2. The molecule has 0 bridgehead atoms. The van der Waals surface area contributed by atoms with Crippen molar-refractivity contribution in [3.05, 3.63) is 94.5 Å². The second kappa shape index (κ2) is 13.1. The summed E-state index contributed by atoms with van der Waals surface area (Å²) in [5.74, 6) is 1.17. The summed E-state index contributed by atoms with van der Waals surface area (Å²) in [5.41, 5.74) is 5.01. The smallest absolute Gasteiger partial charge is 0.271 e. The van der Waals surface area contributed by atoms with Gasteiger partial charge in [0, 0.05) is 34.3 Å². The van der Waals surface area contributed by atoms with Crippen LogP contribution in [0.2, 0.25) is 5.02 Å². The average Bonchev–Trinajstić information content (AvgIpc) is 2.93. The van der Waals surface area contributed by atoms with Gasteiger partial charge in [-0.15, -0.1) is 11.8 Å². The monoisotopic (exact) mass is 521 g/mol. The lowest BCUT2D eigenvalue weighted by atomic mass is 10.1. The number of halogens is 1. The summed E-state index contributed by atoms with van der Waals surface area (Å²) in [6.07, 6.45) is 4.88. The zero-order valence-corrected chi connectivity index (χ0v) is 21.4. The minimum atomic E-state index is -0.278. The van der Waals surface area contributed by atoms with Gasteiger partial charge in [0.05, 0.1) is 6.21 Å². The van der Waals surface area contributed by atoms with E-state index in [4.69, 9.17) is 16.3 Å². The molecule has 0 spiro atoms. The molecule has 8 heteroatoms. The number of hydrazone groups is 1. The Morgan fingerprint density at radius 1 is 0.944 bits per heavy atom. The van der Waals surface area contributed by atoms with E-state index in [0.717, 1.165) is 52.7 Å². The van der Waals surface area contributed by atoms with Gasteiger partial charge in [0.15, 0.2) is 6.61 Å². The molecule has 36 heavy (non-hydrogen) atoms. The lowest BCUT2D eigenvalue weighted by Crippen LogP contribution is -2.38. The molecular formula is C28H28ClN3O3S. The molecule has 3 aromatic rings. The summed E-state index contributed by atoms with van der Waals surface area (Å²) in [7, 11) is 0. The van der Waals surface area contributed by atoms with Gasteiger partial charge in [-0.2, -0.15) is 5.10 Å². The molecule has 4 rings (SSSR count). The molecule has 0 unspecified atom stereocenters. The number of nitrogens with one attached hydrogen (secondary N) is 1. The van der Waals surface area contributed by atoms with E-state index in [-0.39, 0.29) is 18.4 Å². The summed E-state index contributed by atoms with van der Waals surface area (Å²) >= 11 is 7.63. The van der Waals surface area contributed by atoms with Crippen LogP contribution in [0, 0.1) is 0 Å². The molecule has 1 N–H and O–H groups in total. The summed E-state index contributed by atoms with van der Waals surface area (Å²) in [5, 5.41) is 4.77. The zero-order chi connectivity index (χ0) is 25.2. The first-order valence-corrected chi connectivity index (χ1v) is 13.2. The van der Waals surface area contributed by atoms with Crippen molar-refractivity contribution in [2.45, 2.75) is 29.9 Å². The lowest BCUT2D eigenvalue weighted by Gasteiger charge is -2.26. The van der Waals surface area contributed by atoms with E-state index in [0.29, 0.717) is 11.3 Å². The number of rotatable bonds is 9. The van der Waals surface area contributed by atoms with Crippen LogP contribution in [0.15, 0.2) is 82.8 Å². The van der Waals surface area contributed by atoms with E-state index in [1.807, 2.05) is 53.4 Å². The number of hydrogen-bond acceptors (Lipinski definition) is 5. The van der Waals surface area contributed by atoms with Crippen molar-refractivity contribution in [2.75, 3.05) is 19.7 Å². The van der Waals surface area contributed by atoms with Crippen LogP contribution in [0.4, 0.5) is 0 Å². The highest BCUT2D eigenvalue weighted by molar-refractivity contribution is 7.98. The van der Waals surface area contributed by atoms with Gasteiger partial charge in [-0.1, -0.05) is 23.7 Å². The van der Waals surface area contributed by atoms with Gasteiger partial charge in [-0.25, -0.2) is 5.43 Å². The Kier molecular flexibility index (Phi) is 9.41. The maximum atomic E-state index is 12.4. The third-order valence-corrected chi connectivity index (χ3v) is 7.10. The molecule has 0 saturated carbocycles. The van der Waals surface area contributed by atoms with E-state index in [2.05, 4.69) is 10.5 Å². The zero-order valence-electron chi connectivity index (χ0n) is 19.9. The van der Waals surface area contributed by atoms with Crippen molar-refractivity contribution in [3.8, 4) is 5.75 Å². The van der Waals surface area contributed by atoms with E-state index < -0.39 is 0 Å². The highest BCUT2D eigenvalue weighted by atomic mass is 35.5. The lowest BCUT2D eigenvalue weighted by molar-refractivity contribution is -0.134. The fourth-order valence-corrected chi connectivity index (χ4v) is 4.69. The van der Waals surface area contributed by atoms with Crippen LogP contribution >= 0.6 is 23.4 Å². The predicted molar refractivity (Wildman–Crippen MR) is 145 cm³/mol. The summed E-state index contributed by atoms with van der Waals surface area (Å²) in [4.78, 5) is 27.6. The fraction of sp³-hybridized carbons (Fsp3) is 0.250. The maximum absolute atomic E-state index is 12.4. The number of carbonyl (C=O) groups is 2. The van der Waals surface area contributed by atoms with Crippen molar-refractivity contribution in [3.63, 3.8) is 0 Å². The molecule has 3 aromatic carbocycles. The first-order valence-electron chi connectivity index (χ1n) is 11.9. The average molecular weight is 522 g/mol. The van der Waals surface area contributed by atoms with Gasteiger partial charge >= 0.3 is 0 Å². The van der Waals surface area contributed by atoms with Crippen molar-refractivity contribution < 1.29 is 14.3 Å². The Labute approximate surface area is 220 Å². The third-order valence-electron chi connectivity index (χ3n) is 5.77. The van der Waals surface area contributed by atoms with Crippen LogP contribution in [0.1, 0.15) is 40.7 Å². The largest absolute Gasteiger partial charge is 0.484 e. The first-order chi connectivity index (χ1) is 17.6. The molecule has 1 heterocycles. The normalized spacial score (nSPS) is 13.5. The number of benzene rings is 3. The predicted octanol–water partition coefficient (Wildman–Crippen LogP) is 5.79. The Morgan fingerprint density at radius 2 is 1.64 bits per heavy atom. The molecule has 6 nitrogen and oxygen atoms in total. The van der Waals surface area contributed by atoms with Crippen LogP contribution in [0.25, 0.3) is 0 Å². The standard InChI is InChI=1S/C28H28ClN3O3S/c29-24-10-14-26(15-11-24)36-20-22-4-8-23(9-5-22)28(34)31-30-18-21-6-12-25(13-7-21)35-19-27(33)32-16-2-1-3-17-32/h4-15,18H,1-3,16-17,19-20H2,(H,31,34)/b30-18-. The quantitative estimate of drug-likeness (QED) is 0.220. The van der Waals surface area contributed by atoms with Crippen LogP contribution < -0.4 is 10.2 Å². The van der Waals surface area contributed by atoms with E-state index in [9.17, 15) is 9.59 Å². The number of ether oxygens (including phenoxy) is 1. The summed E-state index contributed by atoms with van der Waals surface area (Å²) in [6, 6.07) is 22.4. The van der Waals surface area contributed by atoms with Gasteiger partial charge < -0.3 is 9.64 Å². The van der Waals surface area contributed by atoms with Crippen LogP contribution in [0.3, 0.4) is 0 Å². The number of nitrogens with zero attached hydrogens (tertiary/aromatic N) is 2. The van der Waals surface area contributed by atoms with Crippen molar-refractivity contribution in [1.29, 1.82) is 0 Å². The summed E-state index contributed by atoms with van der Waals surface area (Å²) in [6.45, 7) is 1.68. The van der Waals surface area contributed by atoms with E-state index >= 15 is 0 Å². The molecule has 0 radical (unpaired) electrons. The molecule has 2 amide bonds. The Bertz CT molecular complexity index is 1180. The number of hydrogen-bond donors (Lipinski definition) is 1. The maximum Gasteiger partial charge on any atom is 0.271 e. The molecule has 1 aliphatic rings. The first kappa shape index (κ1) is 25.8. The van der Waals surface area contributed by atoms with E-state index in [1.54, 1.807) is 42.2 Å². The molecule has 0 atom stereocenters. The topological polar surface area (TPSA) is 71.0 Å². The molecule has 0 aliphatic carbocycles. The SMILES string of the molecule is O=C(N/N=C\c1ccc(OCC(=O)N2CCCCC2)cc1)c1ccc(CSc2ccc(Cl)cc2)cc1.